The largest absolute Gasteiger partial charge is 0.478 e. The monoisotopic (exact) mass is 455 g/mol. The third-order valence-corrected chi connectivity index (χ3v) is 6.04. The minimum atomic E-state index is -0.576. The average molecular weight is 456 g/mol. The number of rotatable bonds is 1. The molecule has 0 saturated carbocycles. The molecule has 0 aliphatic carbocycles. The van der Waals surface area contributed by atoms with Crippen molar-refractivity contribution in [3.05, 3.63) is 64.3 Å². The summed E-state index contributed by atoms with van der Waals surface area (Å²) in [5.41, 5.74) is 11.2. The molecule has 4 N–H and O–H groups in total. The van der Waals surface area contributed by atoms with E-state index >= 15 is 0 Å². The van der Waals surface area contributed by atoms with Crippen molar-refractivity contribution in [3.8, 4) is 28.3 Å². The Labute approximate surface area is 188 Å². The molecule has 3 aromatic heterocycles. The van der Waals surface area contributed by atoms with Gasteiger partial charge in [-0.1, -0.05) is 11.6 Å². The summed E-state index contributed by atoms with van der Waals surface area (Å²) < 4.78 is 22.9. The topological polar surface area (TPSA) is 106 Å². The van der Waals surface area contributed by atoms with E-state index in [1.165, 1.54) is 18.3 Å². The van der Waals surface area contributed by atoms with Crippen LogP contribution in [0.3, 0.4) is 0 Å². The van der Waals surface area contributed by atoms with Gasteiger partial charge in [0.05, 0.1) is 17.6 Å². The summed E-state index contributed by atoms with van der Waals surface area (Å²) in [6, 6.07) is 6.25. The number of fused-ring (bicyclic) bond motifs is 7. The third kappa shape index (κ3) is 3.16. The van der Waals surface area contributed by atoms with Gasteiger partial charge in [-0.05, 0) is 36.8 Å². The summed E-state index contributed by atoms with van der Waals surface area (Å²) in [5, 5.41) is 22.6. The number of hydrogen-bond donors (Lipinski definition) is 3. The van der Waals surface area contributed by atoms with Crippen LogP contribution in [0.4, 0.5) is 10.2 Å². The molecule has 10 heteroatoms. The first-order valence-corrected chi connectivity index (χ1v) is 10.5. The number of pyridine rings is 1. The van der Waals surface area contributed by atoms with Crippen molar-refractivity contribution in [1.82, 2.24) is 20.0 Å². The Kier molecular flexibility index (Phi) is 4.78. The first-order valence-electron chi connectivity index (χ1n) is 10.2. The number of ether oxygens (including phenoxy) is 1. The lowest BCUT2D eigenvalue weighted by molar-refractivity contribution is -0.893. The number of aromatic amines is 1. The van der Waals surface area contributed by atoms with Crippen molar-refractivity contribution in [2.45, 2.75) is 32.9 Å². The lowest BCUT2D eigenvalue weighted by atomic mass is 9.94. The zero-order valence-electron chi connectivity index (χ0n) is 17.4. The van der Waals surface area contributed by atoms with E-state index in [1.807, 2.05) is 6.92 Å². The van der Waals surface area contributed by atoms with Gasteiger partial charge in [-0.25, -0.2) is 4.39 Å². The normalized spacial score (nSPS) is 15.1. The molecule has 2 bridgehead atoms. The van der Waals surface area contributed by atoms with Crippen LogP contribution in [0.15, 0.2) is 36.7 Å². The van der Waals surface area contributed by atoms with Gasteiger partial charge in [-0.2, -0.15) is 10.2 Å². The van der Waals surface area contributed by atoms with E-state index in [0.29, 0.717) is 29.2 Å². The molecule has 0 unspecified atom stereocenters. The molecule has 0 fully saturated rings. The highest BCUT2D eigenvalue weighted by Crippen LogP contribution is 2.39. The maximum absolute atomic E-state index is 14.2. The maximum atomic E-state index is 14.2. The van der Waals surface area contributed by atoms with Gasteiger partial charge in [0.2, 0.25) is 5.75 Å². The smallest absolute Gasteiger partial charge is 0.354 e. The fraction of sp³-hybridized carbons (Fsp3) is 0.227. The molecule has 1 aliphatic heterocycles. The van der Waals surface area contributed by atoms with Crippen molar-refractivity contribution in [2.24, 2.45) is 0 Å². The molecule has 5 rings (SSSR count). The highest BCUT2D eigenvalue weighted by Gasteiger charge is 2.27. The second kappa shape index (κ2) is 7.52. The van der Waals surface area contributed by atoms with Crippen molar-refractivity contribution in [2.75, 3.05) is 5.73 Å². The number of anilines is 1. The van der Waals surface area contributed by atoms with E-state index < -0.39 is 6.10 Å². The molecule has 8 nitrogen and oxygen atoms in total. The summed E-state index contributed by atoms with van der Waals surface area (Å²) in [6.07, 6.45) is 3.07. The predicted molar refractivity (Wildman–Crippen MR) is 116 cm³/mol. The fourth-order valence-corrected chi connectivity index (χ4v) is 4.44. The van der Waals surface area contributed by atoms with Gasteiger partial charge < -0.3 is 9.94 Å². The number of aryl methyl sites for hydroxylation is 1. The third-order valence-electron chi connectivity index (χ3n) is 5.73. The van der Waals surface area contributed by atoms with Crippen LogP contribution < -0.4 is 15.2 Å². The van der Waals surface area contributed by atoms with Crippen molar-refractivity contribution in [1.29, 1.82) is 0 Å². The molecular weight excluding hydrogens is 435 g/mol. The van der Waals surface area contributed by atoms with E-state index in [2.05, 4.69) is 15.3 Å². The highest BCUT2D eigenvalue weighted by molar-refractivity contribution is 6.30. The van der Waals surface area contributed by atoms with E-state index in [9.17, 15) is 9.60 Å². The molecule has 1 atom stereocenters. The maximum Gasteiger partial charge on any atom is 0.354 e. The van der Waals surface area contributed by atoms with Crippen molar-refractivity contribution >= 4 is 17.4 Å². The van der Waals surface area contributed by atoms with Gasteiger partial charge in [-0.3, -0.25) is 15.5 Å². The molecule has 4 aromatic rings. The second-order valence-electron chi connectivity index (χ2n) is 7.70. The Bertz CT molecular complexity index is 1350. The van der Waals surface area contributed by atoms with Crippen LogP contribution in [0.1, 0.15) is 36.6 Å². The van der Waals surface area contributed by atoms with Gasteiger partial charge in [0.1, 0.15) is 18.1 Å². The van der Waals surface area contributed by atoms with Crippen LogP contribution in [-0.4, -0.2) is 25.2 Å². The van der Waals surface area contributed by atoms with Crippen LogP contribution in [0, 0.1) is 5.82 Å². The molecule has 0 radical (unpaired) electrons. The molecule has 0 spiro atoms. The number of benzene rings is 1. The summed E-state index contributed by atoms with van der Waals surface area (Å²) in [7, 11) is 0. The van der Waals surface area contributed by atoms with Gasteiger partial charge in [0.25, 0.3) is 0 Å². The van der Waals surface area contributed by atoms with E-state index in [4.69, 9.17) is 22.1 Å². The molecule has 1 aliphatic rings. The summed E-state index contributed by atoms with van der Waals surface area (Å²) in [5.74, 6) is -0.113. The number of hydrogen-bond acceptors (Lipinski definition) is 5. The average Bonchev–Trinajstić information content (AvgIpc) is 3.35. The lowest BCUT2D eigenvalue weighted by Gasteiger charge is -2.20. The van der Waals surface area contributed by atoms with Gasteiger partial charge in [0.15, 0.2) is 5.15 Å². The summed E-state index contributed by atoms with van der Waals surface area (Å²) in [6.45, 7) is 4.32. The highest BCUT2D eigenvalue weighted by atomic mass is 35.5. The quantitative estimate of drug-likeness (QED) is 0.298. The SMILES string of the molecule is CCn1nc(Cl)c2c1-c1cc(c(N)[n+](O)c1)O[C@H](C)c1cc(F)ccc1-c1[nH]ncc1C2. The van der Waals surface area contributed by atoms with Gasteiger partial charge in [0, 0.05) is 46.8 Å². The molecule has 4 heterocycles. The number of nitrogen functional groups attached to an aromatic ring is 1. The Balaban J connectivity index is 1.84. The second-order valence-corrected chi connectivity index (χ2v) is 8.05. The molecule has 1 aromatic carbocycles. The molecule has 0 saturated heterocycles. The van der Waals surface area contributed by atoms with E-state index in [1.54, 1.807) is 29.9 Å². The van der Waals surface area contributed by atoms with Crippen molar-refractivity contribution < 1.29 is 19.1 Å². The standard InChI is InChI=1S/C22H20ClFN6O2/c1-3-29-20-13-7-18(22(25)30(31)10-13)32-11(2)16-8-14(24)4-5-15(16)19-12(9-26-27-19)6-17(20)21(23)28-29/h4-5,7-11,25,31H,3,6H2,1-2H3,(H,26,27)/p+1/t11-/m1/s1. The van der Waals surface area contributed by atoms with Crippen LogP contribution in [0.25, 0.3) is 22.5 Å². The number of nitrogens with two attached hydrogens (primary N) is 1. The number of nitrogens with zero attached hydrogens (tertiary/aromatic N) is 4. The first-order chi connectivity index (χ1) is 15.4. The summed E-state index contributed by atoms with van der Waals surface area (Å²) in [4.78, 5) is 0. The molecule has 0 amide bonds. The Morgan fingerprint density at radius 1 is 1.41 bits per heavy atom. The first kappa shape index (κ1) is 20.3. The molecular formula is C22H21ClFN6O2+. The fourth-order valence-electron chi connectivity index (χ4n) is 4.19. The minimum Gasteiger partial charge on any atom is -0.478 e. The number of halogens is 2. The Hall–Kier alpha value is -3.59. The lowest BCUT2D eigenvalue weighted by Crippen LogP contribution is -2.34. The molecule has 164 valence electrons. The molecule has 32 heavy (non-hydrogen) atoms. The zero-order valence-corrected chi connectivity index (χ0v) is 18.2. The van der Waals surface area contributed by atoms with Crippen LogP contribution in [0.2, 0.25) is 5.15 Å². The Morgan fingerprint density at radius 2 is 2.22 bits per heavy atom. The number of H-pyrrole nitrogens is 1. The van der Waals surface area contributed by atoms with Gasteiger partial charge in [-0.15, -0.1) is 0 Å². The van der Waals surface area contributed by atoms with Crippen LogP contribution >= 0.6 is 11.6 Å². The van der Waals surface area contributed by atoms with Crippen LogP contribution in [0.5, 0.6) is 5.75 Å². The summed E-state index contributed by atoms with van der Waals surface area (Å²) >= 11 is 6.56. The minimum absolute atomic E-state index is 0.0213. The number of aromatic nitrogens is 5. The predicted octanol–water partition coefficient (Wildman–Crippen LogP) is 3.90. The number of nitrogens with one attached hydrogen (secondary N) is 1. The van der Waals surface area contributed by atoms with E-state index in [0.717, 1.165) is 32.8 Å². The van der Waals surface area contributed by atoms with Gasteiger partial charge >= 0.3 is 5.82 Å². The Morgan fingerprint density at radius 3 is 3.00 bits per heavy atom. The van der Waals surface area contributed by atoms with Crippen LogP contribution in [-0.2, 0) is 13.0 Å². The zero-order chi connectivity index (χ0) is 22.6. The van der Waals surface area contributed by atoms with E-state index in [-0.39, 0.29) is 17.4 Å². The van der Waals surface area contributed by atoms with Crippen molar-refractivity contribution in [3.63, 3.8) is 0 Å².